The summed E-state index contributed by atoms with van der Waals surface area (Å²) in [6.45, 7) is 0. The van der Waals surface area contributed by atoms with Crippen molar-refractivity contribution >= 4 is 45.6 Å². The first kappa shape index (κ1) is 16.8. The van der Waals surface area contributed by atoms with Crippen molar-refractivity contribution in [2.24, 2.45) is 0 Å². The molecule has 0 atom stereocenters. The van der Waals surface area contributed by atoms with Gasteiger partial charge in [0, 0.05) is 33.6 Å². The van der Waals surface area contributed by atoms with Crippen LogP contribution >= 0.6 is 22.9 Å². The van der Waals surface area contributed by atoms with Gasteiger partial charge >= 0.3 is 0 Å². The maximum Gasteiger partial charge on any atom is 0.257 e. The van der Waals surface area contributed by atoms with Crippen LogP contribution in [0.1, 0.15) is 22.3 Å². The zero-order chi connectivity index (χ0) is 18.1. The Morgan fingerprint density at radius 3 is 2.77 bits per heavy atom. The minimum atomic E-state index is -0.226. The lowest BCUT2D eigenvalue weighted by Gasteiger charge is -2.17. The second kappa shape index (κ2) is 6.90. The number of aryl methyl sites for hydroxylation is 1. The molecule has 4 rings (SSSR count). The van der Waals surface area contributed by atoms with Crippen molar-refractivity contribution < 1.29 is 9.59 Å². The number of rotatable bonds is 3. The van der Waals surface area contributed by atoms with Crippen molar-refractivity contribution in [3.8, 4) is 11.3 Å². The topological polar surface area (TPSA) is 71.1 Å². The molecule has 0 saturated heterocycles. The zero-order valence-electron chi connectivity index (χ0n) is 13.6. The number of fused-ring (bicyclic) bond motifs is 1. The van der Waals surface area contributed by atoms with Crippen molar-refractivity contribution in [3.63, 3.8) is 0 Å². The summed E-state index contributed by atoms with van der Waals surface area (Å²) >= 11 is 7.21. The van der Waals surface area contributed by atoms with Crippen LogP contribution in [0.25, 0.3) is 11.3 Å². The van der Waals surface area contributed by atoms with Gasteiger partial charge in [0.05, 0.1) is 5.69 Å². The molecule has 2 amide bonds. The quantitative estimate of drug-likeness (QED) is 0.694. The van der Waals surface area contributed by atoms with Crippen LogP contribution in [0.3, 0.4) is 0 Å². The van der Waals surface area contributed by atoms with Crippen molar-refractivity contribution in [2.75, 3.05) is 10.6 Å². The number of hydrogen-bond donors (Lipinski definition) is 2. The summed E-state index contributed by atoms with van der Waals surface area (Å²) in [7, 11) is 0. The largest absolute Gasteiger partial charge is 0.326 e. The van der Waals surface area contributed by atoms with E-state index < -0.39 is 0 Å². The van der Waals surface area contributed by atoms with E-state index in [0.29, 0.717) is 22.1 Å². The number of carbonyl (C=O) groups is 2. The van der Waals surface area contributed by atoms with Crippen molar-refractivity contribution in [1.29, 1.82) is 0 Å². The van der Waals surface area contributed by atoms with Crippen LogP contribution < -0.4 is 10.6 Å². The summed E-state index contributed by atoms with van der Waals surface area (Å²) in [4.78, 5) is 28.2. The average molecular weight is 384 g/mol. The van der Waals surface area contributed by atoms with E-state index in [2.05, 4.69) is 15.6 Å². The molecule has 2 heterocycles. The van der Waals surface area contributed by atoms with E-state index in [1.807, 2.05) is 23.6 Å². The van der Waals surface area contributed by atoms with Gasteiger partial charge in [0.2, 0.25) is 5.91 Å². The third-order valence-corrected chi connectivity index (χ3v) is 5.14. The van der Waals surface area contributed by atoms with Gasteiger partial charge in [-0.3, -0.25) is 14.9 Å². The molecule has 26 heavy (non-hydrogen) atoms. The molecule has 0 spiro atoms. The first-order valence-corrected chi connectivity index (χ1v) is 9.30. The second-order valence-corrected chi connectivity index (χ2v) is 7.21. The highest BCUT2D eigenvalue weighted by Crippen LogP contribution is 2.30. The highest BCUT2D eigenvalue weighted by Gasteiger charge is 2.16. The van der Waals surface area contributed by atoms with Gasteiger partial charge in [-0.25, -0.2) is 4.98 Å². The number of carbonyl (C=O) groups excluding carboxylic acids is 2. The normalized spacial score (nSPS) is 13.0. The highest BCUT2D eigenvalue weighted by atomic mass is 35.5. The Bertz CT molecular complexity index is 998. The van der Waals surface area contributed by atoms with Crippen molar-refractivity contribution in [1.82, 2.24) is 4.98 Å². The van der Waals surface area contributed by atoms with Crippen LogP contribution in [0.15, 0.2) is 47.8 Å². The van der Waals surface area contributed by atoms with Crippen molar-refractivity contribution in [3.05, 3.63) is 64.0 Å². The fraction of sp³-hybridized carbons (Fsp3) is 0.105. The monoisotopic (exact) mass is 383 g/mol. The molecule has 0 saturated carbocycles. The van der Waals surface area contributed by atoms with E-state index in [4.69, 9.17) is 11.6 Å². The number of halogens is 1. The lowest BCUT2D eigenvalue weighted by Crippen LogP contribution is -2.18. The smallest absolute Gasteiger partial charge is 0.257 e. The summed E-state index contributed by atoms with van der Waals surface area (Å²) in [5.41, 5.74) is 4.23. The average Bonchev–Trinajstić information content (AvgIpc) is 3.10. The molecular weight excluding hydrogens is 370 g/mol. The Morgan fingerprint density at radius 2 is 1.96 bits per heavy atom. The Labute approximate surface area is 159 Å². The van der Waals surface area contributed by atoms with Crippen LogP contribution in [0, 0.1) is 0 Å². The standard InChI is InChI=1S/C19H14ClN3O2S/c20-14-5-1-11(2-6-14)18(25)23-19-22-16(10-26-19)13-3-7-15-12(9-13)4-8-17(24)21-15/h1-3,5-7,9-10H,4,8H2,(H,21,24)(H,22,23,25). The van der Waals surface area contributed by atoms with E-state index in [9.17, 15) is 9.59 Å². The minimum Gasteiger partial charge on any atom is -0.326 e. The molecule has 1 aliphatic heterocycles. The number of aromatic nitrogens is 1. The summed E-state index contributed by atoms with van der Waals surface area (Å²) in [5, 5.41) is 8.69. The summed E-state index contributed by atoms with van der Waals surface area (Å²) < 4.78 is 0. The number of nitrogens with zero attached hydrogens (tertiary/aromatic N) is 1. The molecule has 0 fully saturated rings. The van der Waals surface area contributed by atoms with Gasteiger partial charge < -0.3 is 5.32 Å². The Morgan fingerprint density at radius 1 is 1.15 bits per heavy atom. The van der Waals surface area contributed by atoms with Gasteiger partial charge in [-0.05, 0) is 48.4 Å². The van der Waals surface area contributed by atoms with Crippen LogP contribution in [0.2, 0.25) is 5.02 Å². The van der Waals surface area contributed by atoms with Crippen molar-refractivity contribution in [2.45, 2.75) is 12.8 Å². The molecule has 3 aromatic rings. The molecule has 0 bridgehead atoms. The Hall–Kier alpha value is -2.70. The maximum absolute atomic E-state index is 12.3. The van der Waals surface area contributed by atoms with E-state index >= 15 is 0 Å². The third kappa shape index (κ3) is 3.47. The highest BCUT2D eigenvalue weighted by molar-refractivity contribution is 7.14. The fourth-order valence-electron chi connectivity index (χ4n) is 2.78. The molecule has 2 N–H and O–H groups in total. The molecule has 1 aliphatic rings. The van der Waals surface area contributed by atoms with E-state index in [0.717, 1.165) is 28.9 Å². The van der Waals surface area contributed by atoms with Gasteiger partial charge in [-0.15, -0.1) is 11.3 Å². The molecule has 1 aromatic heterocycles. The number of anilines is 2. The summed E-state index contributed by atoms with van der Waals surface area (Å²) in [6, 6.07) is 12.5. The number of hydrogen-bond acceptors (Lipinski definition) is 4. The molecular formula is C19H14ClN3O2S. The zero-order valence-corrected chi connectivity index (χ0v) is 15.2. The molecule has 0 radical (unpaired) electrons. The Kier molecular flexibility index (Phi) is 4.44. The lowest BCUT2D eigenvalue weighted by molar-refractivity contribution is -0.116. The number of nitrogens with one attached hydrogen (secondary N) is 2. The first-order valence-electron chi connectivity index (χ1n) is 8.04. The molecule has 2 aromatic carbocycles. The first-order chi connectivity index (χ1) is 12.6. The molecule has 0 unspecified atom stereocenters. The SMILES string of the molecule is O=C1CCc2cc(-c3csc(NC(=O)c4ccc(Cl)cc4)n3)ccc2N1. The molecule has 0 aliphatic carbocycles. The summed E-state index contributed by atoms with van der Waals surface area (Å²) in [6.07, 6.45) is 1.22. The predicted molar refractivity (Wildman–Crippen MR) is 104 cm³/mol. The van der Waals surface area contributed by atoms with E-state index in [1.54, 1.807) is 24.3 Å². The fourth-order valence-corrected chi connectivity index (χ4v) is 3.62. The van der Waals surface area contributed by atoms with Gasteiger partial charge in [0.25, 0.3) is 5.91 Å². The summed E-state index contributed by atoms with van der Waals surface area (Å²) in [5.74, 6) is -0.179. The van der Waals surface area contributed by atoms with Crippen LogP contribution in [0.4, 0.5) is 10.8 Å². The number of benzene rings is 2. The predicted octanol–water partition coefficient (Wildman–Crippen LogP) is 4.60. The van der Waals surface area contributed by atoms with Crippen LogP contribution in [-0.4, -0.2) is 16.8 Å². The van der Waals surface area contributed by atoms with Gasteiger partial charge in [0.15, 0.2) is 5.13 Å². The Balaban J connectivity index is 1.52. The molecule has 130 valence electrons. The number of thiazole rings is 1. The van der Waals surface area contributed by atoms with Crippen LogP contribution in [0.5, 0.6) is 0 Å². The maximum atomic E-state index is 12.3. The third-order valence-electron chi connectivity index (χ3n) is 4.13. The van der Waals surface area contributed by atoms with Gasteiger partial charge in [-0.1, -0.05) is 17.7 Å². The molecule has 7 heteroatoms. The minimum absolute atomic E-state index is 0.0473. The van der Waals surface area contributed by atoms with Crippen LogP contribution in [-0.2, 0) is 11.2 Å². The second-order valence-electron chi connectivity index (χ2n) is 5.92. The lowest BCUT2D eigenvalue weighted by atomic mass is 9.99. The van der Waals surface area contributed by atoms with Gasteiger partial charge in [-0.2, -0.15) is 0 Å². The van der Waals surface area contributed by atoms with E-state index in [-0.39, 0.29) is 11.8 Å². The number of amides is 2. The van der Waals surface area contributed by atoms with E-state index in [1.165, 1.54) is 11.3 Å². The van der Waals surface area contributed by atoms with Gasteiger partial charge in [0.1, 0.15) is 0 Å². The molecule has 5 nitrogen and oxygen atoms in total.